The number of nitrogens with one attached hydrogen (secondary N) is 1. The largest absolute Gasteiger partial charge is 0.328 e. The third-order valence-electron chi connectivity index (χ3n) is 5.35. The zero-order valence-corrected chi connectivity index (χ0v) is 18.1. The molecular weight excluding hydrogens is 459 g/mol. The molecule has 2 atom stereocenters. The average molecular weight is 481 g/mol. The molecule has 3 N–H and O–H groups in total. The summed E-state index contributed by atoms with van der Waals surface area (Å²) >= 11 is 3.12. The first-order chi connectivity index (χ1) is 14.3. The van der Waals surface area contributed by atoms with Gasteiger partial charge in [0.25, 0.3) is 5.91 Å². The minimum absolute atomic E-state index is 0.130. The summed E-state index contributed by atoms with van der Waals surface area (Å²) in [6.45, 7) is 2.76. The minimum atomic E-state index is -0.410. The van der Waals surface area contributed by atoms with Gasteiger partial charge in [-0.2, -0.15) is 5.10 Å². The SMILES string of the molecule is CC1Cc2nn3c(c2CN1C(=O)Nc1ccc(F)c(Br)c1)C(=O)N(C)OC(CN)C3. The number of urea groups is 1. The number of hydrogen-bond acceptors (Lipinski definition) is 5. The van der Waals surface area contributed by atoms with Crippen LogP contribution in [0.4, 0.5) is 14.9 Å². The molecule has 1 aromatic carbocycles. The van der Waals surface area contributed by atoms with Crippen molar-refractivity contribution in [3.8, 4) is 0 Å². The molecule has 2 aromatic rings. The standard InChI is InChI=1S/C19H22BrFN6O3/c1-10-5-16-13(17-18(28)25(2)30-12(7-22)8-27(17)24-16)9-26(10)19(29)23-11-3-4-15(21)14(20)6-11/h3-4,6,10,12H,5,7-9,22H2,1-2H3,(H,23,29). The molecule has 0 saturated heterocycles. The summed E-state index contributed by atoms with van der Waals surface area (Å²) in [7, 11) is 1.54. The first-order valence-corrected chi connectivity index (χ1v) is 10.3. The van der Waals surface area contributed by atoms with Gasteiger partial charge in [0.2, 0.25) is 0 Å². The highest BCUT2D eigenvalue weighted by atomic mass is 79.9. The van der Waals surface area contributed by atoms with Gasteiger partial charge in [-0.25, -0.2) is 14.2 Å². The Kier molecular flexibility index (Phi) is 5.51. The van der Waals surface area contributed by atoms with Crippen molar-refractivity contribution in [3.05, 3.63) is 45.4 Å². The first-order valence-electron chi connectivity index (χ1n) is 9.54. The molecule has 0 fully saturated rings. The number of rotatable bonds is 2. The van der Waals surface area contributed by atoms with E-state index in [0.717, 1.165) is 5.69 Å². The summed E-state index contributed by atoms with van der Waals surface area (Å²) in [5.74, 6) is -0.732. The number of hydroxylamine groups is 2. The summed E-state index contributed by atoms with van der Waals surface area (Å²) in [6, 6.07) is 3.80. The molecule has 2 aliphatic rings. The minimum Gasteiger partial charge on any atom is -0.328 e. The van der Waals surface area contributed by atoms with Crippen LogP contribution in [-0.4, -0.2) is 57.4 Å². The Morgan fingerprint density at radius 2 is 2.23 bits per heavy atom. The third kappa shape index (κ3) is 3.68. The molecule has 4 rings (SSSR count). The molecule has 0 radical (unpaired) electrons. The maximum atomic E-state index is 13.5. The van der Waals surface area contributed by atoms with Crippen LogP contribution in [0.25, 0.3) is 0 Å². The topological polar surface area (TPSA) is 106 Å². The van der Waals surface area contributed by atoms with Gasteiger partial charge in [-0.3, -0.25) is 14.3 Å². The second-order valence-electron chi connectivity index (χ2n) is 7.46. The van der Waals surface area contributed by atoms with Gasteiger partial charge in [0, 0.05) is 37.3 Å². The highest BCUT2D eigenvalue weighted by Crippen LogP contribution is 2.29. The van der Waals surface area contributed by atoms with Crippen LogP contribution >= 0.6 is 15.9 Å². The zero-order valence-electron chi connectivity index (χ0n) is 16.6. The van der Waals surface area contributed by atoms with Gasteiger partial charge in [-0.1, -0.05) is 0 Å². The van der Waals surface area contributed by atoms with Crippen molar-refractivity contribution in [1.82, 2.24) is 19.7 Å². The van der Waals surface area contributed by atoms with Crippen molar-refractivity contribution < 1.29 is 18.8 Å². The van der Waals surface area contributed by atoms with E-state index in [-0.39, 0.29) is 41.6 Å². The molecule has 2 aliphatic heterocycles. The third-order valence-corrected chi connectivity index (χ3v) is 5.96. The molecule has 160 valence electrons. The van der Waals surface area contributed by atoms with Crippen LogP contribution in [0.1, 0.15) is 28.7 Å². The van der Waals surface area contributed by atoms with Crippen molar-refractivity contribution in [3.63, 3.8) is 0 Å². The quantitative estimate of drug-likeness (QED) is 0.684. The fourth-order valence-electron chi connectivity index (χ4n) is 3.77. The highest BCUT2D eigenvalue weighted by molar-refractivity contribution is 9.10. The van der Waals surface area contributed by atoms with E-state index in [1.54, 1.807) is 16.6 Å². The van der Waals surface area contributed by atoms with Crippen LogP contribution in [0.3, 0.4) is 0 Å². The second-order valence-corrected chi connectivity index (χ2v) is 8.32. The Morgan fingerprint density at radius 1 is 1.47 bits per heavy atom. The average Bonchev–Trinajstić information content (AvgIpc) is 2.99. The number of fused-ring (bicyclic) bond motifs is 3. The summed E-state index contributed by atoms with van der Waals surface area (Å²) in [4.78, 5) is 33.0. The normalized spacial score (nSPS) is 21.2. The Morgan fingerprint density at radius 3 is 2.93 bits per heavy atom. The lowest BCUT2D eigenvalue weighted by Crippen LogP contribution is -2.45. The highest BCUT2D eigenvalue weighted by Gasteiger charge is 2.37. The lowest BCUT2D eigenvalue weighted by atomic mass is 9.99. The Labute approximate surface area is 181 Å². The molecule has 0 bridgehead atoms. The van der Waals surface area contributed by atoms with E-state index >= 15 is 0 Å². The van der Waals surface area contributed by atoms with E-state index in [9.17, 15) is 14.0 Å². The molecule has 1 aromatic heterocycles. The number of nitrogens with zero attached hydrogens (tertiary/aromatic N) is 4. The van der Waals surface area contributed by atoms with E-state index in [1.165, 1.54) is 23.3 Å². The summed E-state index contributed by atoms with van der Waals surface area (Å²) in [5.41, 5.74) is 8.13. The van der Waals surface area contributed by atoms with Gasteiger partial charge in [-0.15, -0.1) is 0 Å². The number of hydrogen-bond donors (Lipinski definition) is 2. The predicted molar refractivity (Wildman–Crippen MR) is 110 cm³/mol. The first kappa shape index (κ1) is 20.8. The van der Waals surface area contributed by atoms with Gasteiger partial charge in [0.15, 0.2) is 0 Å². The van der Waals surface area contributed by atoms with Crippen LogP contribution in [0, 0.1) is 5.82 Å². The number of benzene rings is 1. The zero-order chi connectivity index (χ0) is 21.6. The van der Waals surface area contributed by atoms with E-state index in [2.05, 4.69) is 26.3 Å². The van der Waals surface area contributed by atoms with Crippen LogP contribution in [0.15, 0.2) is 22.7 Å². The number of anilines is 1. The molecule has 0 saturated carbocycles. The Balaban J connectivity index is 1.61. The number of nitrogens with two attached hydrogens (primary N) is 1. The number of halogens is 2. The Hall–Kier alpha value is -2.50. The molecule has 3 heterocycles. The van der Waals surface area contributed by atoms with E-state index in [1.807, 2.05) is 6.92 Å². The monoisotopic (exact) mass is 480 g/mol. The molecule has 9 nitrogen and oxygen atoms in total. The van der Waals surface area contributed by atoms with Gasteiger partial charge in [0.1, 0.15) is 17.6 Å². The summed E-state index contributed by atoms with van der Waals surface area (Å²) in [5, 5.41) is 8.58. The molecule has 0 aliphatic carbocycles. The van der Waals surface area contributed by atoms with E-state index in [4.69, 9.17) is 10.6 Å². The molecule has 30 heavy (non-hydrogen) atoms. The molecule has 0 spiro atoms. The summed E-state index contributed by atoms with van der Waals surface area (Å²) in [6.07, 6.45) is 0.149. The van der Waals surface area contributed by atoms with Crippen molar-refractivity contribution in [2.75, 3.05) is 18.9 Å². The maximum Gasteiger partial charge on any atom is 0.322 e. The fourth-order valence-corrected chi connectivity index (χ4v) is 4.15. The van der Waals surface area contributed by atoms with Gasteiger partial charge >= 0.3 is 6.03 Å². The number of carbonyl (C=O) groups excluding carboxylic acids is 2. The van der Waals surface area contributed by atoms with Crippen molar-refractivity contribution in [2.24, 2.45) is 5.73 Å². The second kappa shape index (κ2) is 7.97. The number of aromatic nitrogens is 2. The Bertz CT molecular complexity index is 1010. The van der Waals surface area contributed by atoms with Crippen LogP contribution < -0.4 is 11.1 Å². The van der Waals surface area contributed by atoms with Gasteiger partial charge in [0.05, 0.1) is 23.3 Å². The van der Waals surface area contributed by atoms with E-state index in [0.29, 0.717) is 29.9 Å². The van der Waals surface area contributed by atoms with Crippen LogP contribution in [-0.2, 0) is 24.3 Å². The fraction of sp³-hybridized carbons (Fsp3) is 0.421. The predicted octanol–water partition coefficient (Wildman–Crippen LogP) is 2.11. The van der Waals surface area contributed by atoms with Crippen molar-refractivity contribution in [2.45, 2.75) is 38.6 Å². The van der Waals surface area contributed by atoms with Crippen LogP contribution in [0.2, 0.25) is 0 Å². The number of carbonyl (C=O) groups is 2. The lowest BCUT2D eigenvalue weighted by molar-refractivity contribution is -0.144. The summed E-state index contributed by atoms with van der Waals surface area (Å²) < 4.78 is 15.4. The van der Waals surface area contributed by atoms with Crippen molar-refractivity contribution >= 4 is 33.6 Å². The molecule has 2 unspecified atom stereocenters. The lowest BCUT2D eigenvalue weighted by Gasteiger charge is -2.33. The van der Waals surface area contributed by atoms with Gasteiger partial charge < -0.3 is 16.0 Å². The van der Waals surface area contributed by atoms with E-state index < -0.39 is 5.82 Å². The smallest absolute Gasteiger partial charge is 0.322 e. The van der Waals surface area contributed by atoms with Gasteiger partial charge in [-0.05, 0) is 41.1 Å². The molecular formula is C19H22BrFN6O3. The number of amides is 3. The van der Waals surface area contributed by atoms with Crippen molar-refractivity contribution in [1.29, 1.82) is 0 Å². The maximum absolute atomic E-state index is 13.5. The van der Waals surface area contributed by atoms with Crippen LogP contribution in [0.5, 0.6) is 0 Å². The molecule has 3 amide bonds. The molecule has 11 heteroatoms.